The molecule has 1 aromatic rings. The third kappa shape index (κ3) is 2.24. The van der Waals surface area contributed by atoms with E-state index in [9.17, 15) is 9.18 Å². The first kappa shape index (κ1) is 10.3. The van der Waals surface area contributed by atoms with Gasteiger partial charge in [0.25, 0.3) is 5.91 Å². The van der Waals surface area contributed by atoms with Crippen LogP contribution in [0.1, 0.15) is 0 Å². The standard InChI is InChI=1S/C8H7BrFN3O2/c9-4-1-5(10)7(11-2-4)12-6-3-15-13-8(6)14/h1-2,6H,3H2,(H,11,12)(H,13,14). The molecule has 15 heavy (non-hydrogen) atoms. The minimum absolute atomic E-state index is 0.0313. The Morgan fingerprint density at radius 2 is 2.53 bits per heavy atom. The van der Waals surface area contributed by atoms with Gasteiger partial charge < -0.3 is 5.32 Å². The van der Waals surface area contributed by atoms with Gasteiger partial charge in [0, 0.05) is 10.7 Å². The van der Waals surface area contributed by atoms with E-state index in [-0.39, 0.29) is 18.3 Å². The Bertz CT molecular complexity index is 401. The molecule has 0 radical (unpaired) electrons. The number of hydrogen-bond donors (Lipinski definition) is 2. The van der Waals surface area contributed by atoms with Gasteiger partial charge in [-0.3, -0.25) is 9.63 Å². The van der Waals surface area contributed by atoms with E-state index in [2.05, 4.69) is 36.5 Å². The van der Waals surface area contributed by atoms with Crippen LogP contribution in [0.25, 0.3) is 0 Å². The molecule has 5 nitrogen and oxygen atoms in total. The Morgan fingerprint density at radius 3 is 3.13 bits per heavy atom. The number of hydrogen-bond acceptors (Lipinski definition) is 4. The van der Waals surface area contributed by atoms with Gasteiger partial charge in [-0.1, -0.05) is 0 Å². The van der Waals surface area contributed by atoms with Gasteiger partial charge in [0.1, 0.15) is 12.6 Å². The number of carbonyl (C=O) groups excluding carboxylic acids is 1. The summed E-state index contributed by atoms with van der Waals surface area (Å²) in [6.07, 6.45) is 1.44. The first-order valence-electron chi connectivity index (χ1n) is 4.16. The first-order valence-corrected chi connectivity index (χ1v) is 4.95. The van der Waals surface area contributed by atoms with Gasteiger partial charge in [-0.25, -0.2) is 14.9 Å². The van der Waals surface area contributed by atoms with Crippen molar-refractivity contribution < 1.29 is 14.0 Å². The number of anilines is 1. The molecule has 1 atom stereocenters. The van der Waals surface area contributed by atoms with Crippen molar-refractivity contribution >= 4 is 27.7 Å². The number of nitrogens with one attached hydrogen (secondary N) is 2. The largest absolute Gasteiger partial charge is 0.354 e. The lowest BCUT2D eigenvalue weighted by Gasteiger charge is -2.09. The second-order valence-electron chi connectivity index (χ2n) is 2.96. The summed E-state index contributed by atoms with van der Waals surface area (Å²) in [6, 6.07) is 0.663. The zero-order valence-electron chi connectivity index (χ0n) is 7.46. The molecule has 1 fully saturated rings. The molecule has 2 N–H and O–H groups in total. The highest BCUT2D eigenvalue weighted by molar-refractivity contribution is 9.10. The van der Waals surface area contributed by atoms with E-state index >= 15 is 0 Å². The maximum Gasteiger partial charge on any atom is 0.268 e. The molecule has 0 bridgehead atoms. The molecule has 0 aliphatic carbocycles. The maximum absolute atomic E-state index is 13.3. The summed E-state index contributed by atoms with van der Waals surface area (Å²) in [7, 11) is 0. The monoisotopic (exact) mass is 275 g/mol. The Hall–Kier alpha value is -1.21. The molecule has 1 unspecified atom stereocenters. The highest BCUT2D eigenvalue weighted by Crippen LogP contribution is 2.17. The minimum atomic E-state index is -0.604. The van der Waals surface area contributed by atoms with Gasteiger partial charge in [-0.05, 0) is 22.0 Å². The van der Waals surface area contributed by atoms with Gasteiger partial charge in [-0.2, -0.15) is 0 Å². The summed E-state index contributed by atoms with van der Waals surface area (Å²) < 4.78 is 13.8. The molecule has 80 valence electrons. The second kappa shape index (κ2) is 4.11. The van der Waals surface area contributed by atoms with Crippen molar-refractivity contribution in [3.05, 3.63) is 22.6 Å². The molecule has 1 aliphatic heterocycles. The SMILES string of the molecule is O=C1NOCC1Nc1ncc(Br)cc1F. The van der Waals surface area contributed by atoms with Gasteiger partial charge >= 0.3 is 0 Å². The van der Waals surface area contributed by atoms with Crippen LogP contribution in [-0.4, -0.2) is 23.5 Å². The van der Waals surface area contributed by atoms with Crippen molar-refractivity contribution in [2.75, 3.05) is 11.9 Å². The van der Waals surface area contributed by atoms with Crippen LogP contribution in [0.2, 0.25) is 0 Å². The van der Waals surface area contributed by atoms with Crippen LogP contribution < -0.4 is 10.8 Å². The van der Waals surface area contributed by atoms with Crippen molar-refractivity contribution in [1.82, 2.24) is 10.5 Å². The van der Waals surface area contributed by atoms with Crippen molar-refractivity contribution in [3.8, 4) is 0 Å². The van der Waals surface area contributed by atoms with Gasteiger partial charge in [-0.15, -0.1) is 0 Å². The molecule has 0 saturated carbocycles. The van der Waals surface area contributed by atoms with Crippen molar-refractivity contribution in [2.45, 2.75) is 6.04 Å². The third-order valence-corrected chi connectivity index (χ3v) is 2.29. The quantitative estimate of drug-likeness (QED) is 0.839. The fraction of sp³-hybridized carbons (Fsp3) is 0.250. The van der Waals surface area contributed by atoms with Crippen LogP contribution in [0.4, 0.5) is 10.2 Å². The Balaban J connectivity index is 2.13. The maximum atomic E-state index is 13.3. The molecule has 0 spiro atoms. The molecule has 1 amide bonds. The van der Waals surface area contributed by atoms with Crippen LogP contribution >= 0.6 is 15.9 Å². The summed E-state index contributed by atoms with van der Waals surface area (Å²) in [4.78, 5) is 19.6. The third-order valence-electron chi connectivity index (χ3n) is 1.86. The predicted octanol–water partition coefficient (Wildman–Crippen LogP) is 0.825. The Kier molecular flexibility index (Phi) is 2.83. The highest BCUT2D eigenvalue weighted by Gasteiger charge is 2.26. The fourth-order valence-corrected chi connectivity index (χ4v) is 1.44. The number of aromatic nitrogens is 1. The number of halogens is 2. The predicted molar refractivity (Wildman–Crippen MR) is 53.4 cm³/mol. The number of amides is 1. The molecule has 1 saturated heterocycles. The molecule has 1 aliphatic rings. The van der Waals surface area contributed by atoms with E-state index in [0.29, 0.717) is 4.47 Å². The normalized spacial score (nSPS) is 20.1. The molecular formula is C8H7BrFN3O2. The lowest BCUT2D eigenvalue weighted by atomic mass is 10.3. The summed E-state index contributed by atoms with van der Waals surface area (Å²) >= 11 is 3.09. The minimum Gasteiger partial charge on any atom is -0.354 e. The lowest BCUT2D eigenvalue weighted by molar-refractivity contribution is -0.124. The fourth-order valence-electron chi connectivity index (χ4n) is 1.14. The van der Waals surface area contributed by atoms with Crippen molar-refractivity contribution in [1.29, 1.82) is 0 Å². The first-order chi connectivity index (χ1) is 7.16. The Morgan fingerprint density at radius 1 is 1.73 bits per heavy atom. The van der Waals surface area contributed by atoms with Gasteiger partial charge in [0.2, 0.25) is 0 Å². The van der Waals surface area contributed by atoms with Crippen molar-refractivity contribution in [2.24, 2.45) is 0 Å². The van der Waals surface area contributed by atoms with E-state index < -0.39 is 11.9 Å². The van der Waals surface area contributed by atoms with Crippen LogP contribution in [0, 0.1) is 5.82 Å². The number of pyridine rings is 1. The smallest absolute Gasteiger partial charge is 0.268 e. The lowest BCUT2D eigenvalue weighted by Crippen LogP contribution is -2.31. The molecule has 0 aromatic carbocycles. The average Bonchev–Trinajstić information content (AvgIpc) is 2.57. The molecule has 2 rings (SSSR count). The molecular weight excluding hydrogens is 269 g/mol. The Labute approximate surface area is 93.1 Å². The summed E-state index contributed by atoms with van der Waals surface area (Å²) in [5.74, 6) is -0.827. The van der Waals surface area contributed by atoms with E-state index in [1.807, 2.05) is 0 Å². The van der Waals surface area contributed by atoms with Crippen LogP contribution in [0.15, 0.2) is 16.7 Å². The van der Waals surface area contributed by atoms with Crippen LogP contribution in [0.5, 0.6) is 0 Å². The van der Waals surface area contributed by atoms with E-state index in [0.717, 1.165) is 0 Å². The zero-order chi connectivity index (χ0) is 10.8. The highest BCUT2D eigenvalue weighted by atomic mass is 79.9. The number of hydroxylamine groups is 1. The average molecular weight is 276 g/mol. The molecule has 2 heterocycles. The summed E-state index contributed by atoms with van der Waals surface area (Å²) in [5.41, 5.74) is 2.16. The second-order valence-corrected chi connectivity index (χ2v) is 3.87. The molecule has 7 heteroatoms. The van der Waals surface area contributed by atoms with Crippen LogP contribution in [0.3, 0.4) is 0 Å². The van der Waals surface area contributed by atoms with E-state index in [1.165, 1.54) is 12.3 Å². The topological polar surface area (TPSA) is 63.2 Å². The number of carbonyl (C=O) groups is 1. The van der Waals surface area contributed by atoms with Crippen molar-refractivity contribution in [3.63, 3.8) is 0 Å². The summed E-state index contributed by atoms with van der Waals surface area (Å²) in [5, 5.41) is 2.64. The van der Waals surface area contributed by atoms with Crippen LogP contribution in [-0.2, 0) is 9.63 Å². The van der Waals surface area contributed by atoms with E-state index in [1.54, 1.807) is 0 Å². The molecule has 1 aromatic heterocycles. The van der Waals surface area contributed by atoms with Gasteiger partial charge in [0.05, 0.1) is 0 Å². The van der Waals surface area contributed by atoms with E-state index in [4.69, 9.17) is 0 Å². The zero-order valence-corrected chi connectivity index (χ0v) is 9.04. The number of nitrogens with zero attached hydrogens (tertiary/aromatic N) is 1. The number of rotatable bonds is 2. The summed E-state index contributed by atoms with van der Waals surface area (Å²) in [6.45, 7) is 0.149. The van der Waals surface area contributed by atoms with Gasteiger partial charge in [0.15, 0.2) is 11.6 Å².